The molecule has 0 aliphatic heterocycles. The van der Waals surface area contributed by atoms with Crippen LogP contribution in [-0.2, 0) is 4.79 Å². The molecule has 1 N–H and O–H groups in total. The van der Waals surface area contributed by atoms with Gasteiger partial charge in [-0.25, -0.2) is 0 Å². The lowest BCUT2D eigenvalue weighted by molar-refractivity contribution is -0.104. The second-order valence-corrected chi connectivity index (χ2v) is 8.01. The van der Waals surface area contributed by atoms with Crippen molar-refractivity contribution in [3.05, 3.63) is 23.3 Å². The Morgan fingerprint density at radius 1 is 1.41 bits per heavy atom. The van der Waals surface area contributed by atoms with Gasteiger partial charge in [0, 0.05) is 6.61 Å². The van der Waals surface area contributed by atoms with Gasteiger partial charge in [-0.2, -0.15) is 0 Å². The van der Waals surface area contributed by atoms with Gasteiger partial charge in [-0.1, -0.05) is 31.1 Å². The molecule has 0 aromatic rings. The Morgan fingerprint density at radius 2 is 2.14 bits per heavy atom. The Bertz CT molecular complexity index is 476. The van der Waals surface area contributed by atoms with Gasteiger partial charge >= 0.3 is 0 Å². The number of rotatable bonds is 5. The van der Waals surface area contributed by atoms with Crippen LogP contribution in [0.15, 0.2) is 23.3 Å². The summed E-state index contributed by atoms with van der Waals surface area (Å²) in [4.78, 5) is 10.7. The summed E-state index contributed by atoms with van der Waals surface area (Å²) in [5.41, 5.74) is 3.16. The van der Waals surface area contributed by atoms with E-state index in [0.29, 0.717) is 23.9 Å². The first-order valence-electron chi connectivity index (χ1n) is 8.77. The summed E-state index contributed by atoms with van der Waals surface area (Å²) in [6.45, 7) is 9.46. The van der Waals surface area contributed by atoms with E-state index >= 15 is 0 Å². The second-order valence-electron chi connectivity index (χ2n) is 8.01. The largest absolute Gasteiger partial charge is 0.396 e. The maximum atomic E-state index is 10.7. The second kappa shape index (κ2) is 6.70. The third-order valence-electron chi connectivity index (χ3n) is 6.95. The number of allylic oxidation sites excluding steroid dienone is 4. The van der Waals surface area contributed by atoms with Crippen molar-refractivity contribution in [1.82, 2.24) is 0 Å². The topological polar surface area (TPSA) is 37.3 Å². The van der Waals surface area contributed by atoms with Gasteiger partial charge in [0.15, 0.2) is 0 Å². The molecule has 0 amide bonds. The Kier molecular flexibility index (Phi) is 5.32. The van der Waals surface area contributed by atoms with Crippen LogP contribution in [-0.4, -0.2) is 18.0 Å². The minimum atomic E-state index is 0.162. The number of hydrogen-bond acceptors (Lipinski definition) is 2. The molecule has 0 unspecified atom stereocenters. The van der Waals surface area contributed by atoms with Crippen LogP contribution in [0.1, 0.15) is 66.2 Å². The zero-order valence-corrected chi connectivity index (χ0v) is 14.7. The van der Waals surface area contributed by atoms with Gasteiger partial charge in [0.1, 0.15) is 6.29 Å². The van der Waals surface area contributed by atoms with Crippen LogP contribution in [0.4, 0.5) is 0 Å². The van der Waals surface area contributed by atoms with Crippen LogP contribution in [0, 0.1) is 22.7 Å². The zero-order valence-electron chi connectivity index (χ0n) is 14.7. The van der Waals surface area contributed by atoms with Gasteiger partial charge < -0.3 is 5.11 Å². The predicted octanol–water partition coefficient (Wildman–Crippen LogP) is 4.68. The summed E-state index contributed by atoms with van der Waals surface area (Å²) in [6.07, 6.45) is 11.7. The molecule has 0 bridgehead atoms. The highest BCUT2D eigenvalue weighted by Gasteiger charge is 2.53. The van der Waals surface area contributed by atoms with Gasteiger partial charge in [-0.05, 0) is 81.1 Å². The molecule has 0 aromatic carbocycles. The smallest absolute Gasteiger partial charge is 0.142 e. The highest BCUT2D eigenvalue weighted by molar-refractivity contribution is 5.65. The van der Waals surface area contributed by atoms with E-state index in [4.69, 9.17) is 0 Å². The summed E-state index contributed by atoms with van der Waals surface area (Å²) in [5.74, 6) is 1.03. The monoisotopic (exact) mass is 304 g/mol. The standard InChI is InChI=1S/C20H32O2/c1-15(10-13-21)8-11-20(4)17(14-22)9-12-19(3)16(2)6-5-7-18(19)20/h6,10,13,17-18,22H,5,7-9,11-12,14H2,1-4H3/b15-10+/t17-,18-,19-,20+/m0/s1. The fourth-order valence-electron chi connectivity index (χ4n) is 5.15. The van der Waals surface area contributed by atoms with Crippen molar-refractivity contribution >= 4 is 6.29 Å². The lowest BCUT2D eigenvalue weighted by Gasteiger charge is -2.58. The van der Waals surface area contributed by atoms with Crippen LogP contribution in [0.2, 0.25) is 0 Å². The summed E-state index contributed by atoms with van der Waals surface area (Å²) in [6, 6.07) is 0. The summed E-state index contributed by atoms with van der Waals surface area (Å²) < 4.78 is 0. The van der Waals surface area contributed by atoms with E-state index in [1.165, 1.54) is 19.3 Å². The maximum Gasteiger partial charge on any atom is 0.142 e. The Hall–Kier alpha value is -0.890. The summed E-state index contributed by atoms with van der Waals surface area (Å²) in [7, 11) is 0. The molecule has 2 heteroatoms. The number of hydrogen-bond donors (Lipinski definition) is 1. The fraction of sp³-hybridized carbons (Fsp3) is 0.750. The highest BCUT2D eigenvalue weighted by Crippen LogP contribution is 2.61. The summed E-state index contributed by atoms with van der Waals surface area (Å²) in [5, 5.41) is 9.95. The van der Waals surface area contributed by atoms with Crippen molar-refractivity contribution in [2.75, 3.05) is 6.61 Å². The molecule has 0 spiro atoms. The molecule has 124 valence electrons. The van der Waals surface area contributed by atoms with E-state index in [0.717, 1.165) is 31.1 Å². The van der Waals surface area contributed by atoms with Crippen LogP contribution < -0.4 is 0 Å². The van der Waals surface area contributed by atoms with E-state index in [9.17, 15) is 9.90 Å². The van der Waals surface area contributed by atoms with Gasteiger partial charge in [0.05, 0.1) is 0 Å². The highest BCUT2D eigenvalue weighted by atomic mass is 16.3. The van der Waals surface area contributed by atoms with Crippen LogP contribution >= 0.6 is 0 Å². The normalized spacial score (nSPS) is 39.1. The SMILES string of the molecule is CC1=CCC[C@@H]2[C@](C)(CC/C(C)=C/C=O)[C@H](CO)CC[C@@]12C. The molecule has 0 radical (unpaired) electrons. The molecule has 0 aromatic heterocycles. The Balaban J connectivity index is 2.29. The third-order valence-corrected chi connectivity index (χ3v) is 6.95. The lowest BCUT2D eigenvalue weighted by atomic mass is 9.46. The van der Waals surface area contributed by atoms with Gasteiger partial charge in [0.2, 0.25) is 0 Å². The molecular formula is C20H32O2. The number of aliphatic hydroxyl groups is 1. The number of carbonyl (C=O) groups excluding carboxylic acids is 1. The molecule has 2 rings (SSSR count). The van der Waals surface area contributed by atoms with Crippen LogP contribution in [0.25, 0.3) is 0 Å². The van der Waals surface area contributed by atoms with Crippen molar-refractivity contribution < 1.29 is 9.90 Å². The molecule has 0 saturated heterocycles. The first-order chi connectivity index (χ1) is 10.4. The van der Waals surface area contributed by atoms with Crippen molar-refractivity contribution in [3.63, 3.8) is 0 Å². The Morgan fingerprint density at radius 3 is 2.77 bits per heavy atom. The lowest BCUT2D eigenvalue weighted by Crippen LogP contribution is -2.51. The minimum Gasteiger partial charge on any atom is -0.396 e. The minimum absolute atomic E-state index is 0.162. The molecule has 22 heavy (non-hydrogen) atoms. The molecule has 2 nitrogen and oxygen atoms in total. The first kappa shape index (κ1) is 17.5. The number of aliphatic hydroxyl groups excluding tert-OH is 1. The number of carbonyl (C=O) groups is 1. The van der Waals surface area contributed by atoms with Crippen molar-refractivity contribution in [1.29, 1.82) is 0 Å². The van der Waals surface area contributed by atoms with E-state index in [2.05, 4.69) is 26.8 Å². The average molecular weight is 304 g/mol. The maximum absolute atomic E-state index is 10.7. The third kappa shape index (κ3) is 2.95. The van der Waals surface area contributed by atoms with Crippen LogP contribution in [0.5, 0.6) is 0 Å². The molecular weight excluding hydrogens is 272 g/mol. The predicted molar refractivity (Wildman–Crippen MR) is 91.6 cm³/mol. The molecule has 1 fully saturated rings. The van der Waals surface area contributed by atoms with Crippen molar-refractivity contribution in [2.45, 2.75) is 66.2 Å². The van der Waals surface area contributed by atoms with Crippen molar-refractivity contribution in [2.24, 2.45) is 22.7 Å². The van der Waals surface area contributed by atoms with Crippen LogP contribution in [0.3, 0.4) is 0 Å². The molecule has 2 aliphatic carbocycles. The van der Waals surface area contributed by atoms with Gasteiger partial charge in [0.25, 0.3) is 0 Å². The zero-order chi connectivity index (χ0) is 16.4. The Labute approximate surface area is 135 Å². The number of fused-ring (bicyclic) bond motifs is 1. The van der Waals surface area contributed by atoms with Crippen molar-refractivity contribution in [3.8, 4) is 0 Å². The first-order valence-corrected chi connectivity index (χ1v) is 8.77. The van der Waals surface area contributed by atoms with E-state index in [-0.39, 0.29) is 5.41 Å². The van der Waals surface area contributed by atoms with E-state index < -0.39 is 0 Å². The molecule has 0 heterocycles. The summed E-state index contributed by atoms with van der Waals surface area (Å²) >= 11 is 0. The molecule has 2 aliphatic rings. The van der Waals surface area contributed by atoms with Gasteiger partial charge in [-0.15, -0.1) is 0 Å². The average Bonchev–Trinajstić information content (AvgIpc) is 2.48. The van der Waals surface area contributed by atoms with Gasteiger partial charge in [-0.3, -0.25) is 4.79 Å². The molecule has 4 atom stereocenters. The quantitative estimate of drug-likeness (QED) is 0.455. The number of aldehydes is 1. The van der Waals surface area contributed by atoms with E-state index in [1.54, 1.807) is 11.6 Å². The molecule has 1 saturated carbocycles. The van der Waals surface area contributed by atoms with E-state index in [1.807, 2.05) is 6.92 Å². The fourth-order valence-corrected chi connectivity index (χ4v) is 5.15.